The zero-order chi connectivity index (χ0) is 17.0. The minimum Gasteiger partial charge on any atom is -0.508 e. The van der Waals surface area contributed by atoms with Gasteiger partial charge in [-0.3, -0.25) is 0 Å². The minimum absolute atomic E-state index is 0.0781. The number of hydrogen-bond donors (Lipinski definition) is 3. The van der Waals surface area contributed by atoms with Crippen LogP contribution in [-0.2, 0) is 12.7 Å². The summed E-state index contributed by atoms with van der Waals surface area (Å²) in [5.41, 5.74) is 1.06. The number of alkyl halides is 3. The minimum atomic E-state index is -4.43. The lowest BCUT2D eigenvalue weighted by Crippen LogP contribution is -2.21. The van der Waals surface area contributed by atoms with E-state index in [2.05, 4.69) is 5.32 Å². The SMILES string of the molecule is Cc1ccc(O)c(CNCC(O)c2cccc(C(F)(F)F)c2)c1. The van der Waals surface area contributed by atoms with Crippen molar-refractivity contribution < 1.29 is 23.4 Å². The van der Waals surface area contributed by atoms with Crippen LogP contribution < -0.4 is 5.32 Å². The van der Waals surface area contributed by atoms with E-state index in [1.54, 1.807) is 18.2 Å². The number of aliphatic hydroxyl groups excluding tert-OH is 1. The van der Waals surface area contributed by atoms with Crippen LogP contribution in [0.3, 0.4) is 0 Å². The highest BCUT2D eigenvalue weighted by Crippen LogP contribution is 2.30. The maximum atomic E-state index is 12.7. The van der Waals surface area contributed by atoms with Crippen molar-refractivity contribution in [1.29, 1.82) is 0 Å². The number of aryl methyl sites for hydroxylation is 1. The fourth-order valence-corrected chi connectivity index (χ4v) is 2.24. The van der Waals surface area contributed by atoms with Gasteiger partial charge in [-0.15, -0.1) is 0 Å². The van der Waals surface area contributed by atoms with Gasteiger partial charge < -0.3 is 15.5 Å². The molecular weight excluding hydrogens is 307 g/mol. The lowest BCUT2D eigenvalue weighted by Gasteiger charge is -2.15. The monoisotopic (exact) mass is 325 g/mol. The van der Waals surface area contributed by atoms with Gasteiger partial charge in [-0.2, -0.15) is 13.2 Å². The zero-order valence-electron chi connectivity index (χ0n) is 12.6. The highest BCUT2D eigenvalue weighted by atomic mass is 19.4. The molecule has 23 heavy (non-hydrogen) atoms. The summed E-state index contributed by atoms with van der Waals surface area (Å²) in [5.74, 6) is 0.136. The van der Waals surface area contributed by atoms with Crippen molar-refractivity contribution >= 4 is 0 Å². The molecule has 0 saturated carbocycles. The van der Waals surface area contributed by atoms with Gasteiger partial charge in [-0.05, 0) is 30.7 Å². The van der Waals surface area contributed by atoms with E-state index in [-0.39, 0.29) is 17.9 Å². The number of benzene rings is 2. The highest BCUT2D eigenvalue weighted by molar-refractivity contribution is 5.35. The van der Waals surface area contributed by atoms with Gasteiger partial charge in [0.1, 0.15) is 5.75 Å². The maximum absolute atomic E-state index is 12.7. The van der Waals surface area contributed by atoms with E-state index < -0.39 is 17.8 Å². The zero-order valence-corrected chi connectivity index (χ0v) is 12.6. The van der Waals surface area contributed by atoms with Crippen molar-refractivity contribution in [2.45, 2.75) is 25.7 Å². The number of phenolic OH excluding ortho intramolecular Hbond substituents is 1. The first kappa shape index (κ1) is 17.3. The first-order chi connectivity index (χ1) is 10.8. The predicted molar refractivity (Wildman–Crippen MR) is 81.0 cm³/mol. The summed E-state index contributed by atoms with van der Waals surface area (Å²) < 4.78 is 38.0. The fourth-order valence-electron chi connectivity index (χ4n) is 2.24. The summed E-state index contributed by atoms with van der Waals surface area (Å²) in [6, 6.07) is 9.79. The number of halogens is 3. The molecule has 3 N–H and O–H groups in total. The Morgan fingerprint density at radius 3 is 2.57 bits per heavy atom. The summed E-state index contributed by atoms with van der Waals surface area (Å²) in [7, 11) is 0. The predicted octanol–water partition coefficient (Wildman–Crippen LogP) is 3.54. The number of nitrogens with one attached hydrogen (secondary N) is 1. The van der Waals surface area contributed by atoms with E-state index in [1.807, 2.05) is 6.92 Å². The second-order valence-corrected chi connectivity index (χ2v) is 5.40. The molecule has 0 aliphatic carbocycles. The third-order valence-electron chi connectivity index (χ3n) is 3.49. The van der Waals surface area contributed by atoms with Crippen LogP contribution in [0.1, 0.15) is 28.4 Å². The largest absolute Gasteiger partial charge is 0.508 e. The summed E-state index contributed by atoms with van der Waals surface area (Å²) in [6.07, 6.45) is -5.50. The normalized spacial score (nSPS) is 13.1. The highest BCUT2D eigenvalue weighted by Gasteiger charge is 2.30. The van der Waals surface area contributed by atoms with Crippen molar-refractivity contribution in [3.05, 3.63) is 64.7 Å². The Morgan fingerprint density at radius 1 is 1.13 bits per heavy atom. The number of phenols is 1. The van der Waals surface area contributed by atoms with Gasteiger partial charge in [0, 0.05) is 18.7 Å². The third kappa shape index (κ3) is 4.71. The lowest BCUT2D eigenvalue weighted by molar-refractivity contribution is -0.137. The quantitative estimate of drug-likeness (QED) is 0.788. The Balaban J connectivity index is 1.97. The lowest BCUT2D eigenvalue weighted by atomic mass is 10.1. The van der Waals surface area contributed by atoms with Crippen LogP contribution >= 0.6 is 0 Å². The molecule has 2 rings (SSSR count). The standard InChI is InChI=1S/C17H18F3NO2/c1-11-5-6-15(22)13(7-11)9-21-10-16(23)12-3-2-4-14(8-12)17(18,19)20/h2-8,16,21-23H,9-10H2,1H3. The van der Waals surface area contributed by atoms with Crippen molar-refractivity contribution in [2.24, 2.45) is 0 Å². The molecule has 0 fully saturated rings. The van der Waals surface area contributed by atoms with Crippen LogP contribution in [0, 0.1) is 6.92 Å². The smallest absolute Gasteiger partial charge is 0.416 e. The Bertz CT molecular complexity index is 671. The van der Waals surface area contributed by atoms with E-state index in [1.165, 1.54) is 12.1 Å². The van der Waals surface area contributed by atoms with E-state index >= 15 is 0 Å². The van der Waals surface area contributed by atoms with Crippen LogP contribution in [0.15, 0.2) is 42.5 Å². The van der Waals surface area contributed by atoms with Crippen LogP contribution in [0.2, 0.25) is 0 Å². The molecule has 1 unspecified atom stereocenters. The molecule has 2 aromatic rings. The number of aliphatic hydroxyl groups is 1. The molecule has 0 aliphatic heterocycles. The average molecular weight is 325 g/mol. The van der Waals surface area contributed by atoms with E-state index in [9.17, 15) is 23.4 Å². The van der Waals surface area contributed by atoms with Crippen molar-refractivity contribution in [3.8, 4) is 5.75 Å². The van der Waals surface area contributed by atoms with Gasteiger partial charge in [0.05, 0.1) is 11.7 Å². The van der Waals surface area contributed by atoms with Crippen molar-refractivity contribution in [2.75, 3.05) is 6.54 Å². The van der Waals surface area contributed by atoms with E-state index in [0.29, 0.717) is 12.1 Å². The summed E-state index contributed by atoms with van der Waals surface area (Å²) >= 11 is 0. The second kappa shape index (κ2) is 7.02. The van der Waals surface area contributed by atoms with Crippen LogP contribution in [0.25, 0.3) is 0 Å². The number of hydrogen-bond acceptors (Lipinski definition) is 3. The molecule has 0 saturated heterocycles. The van der Waals surface area contributed by atoms with Gasteiger partial charge in [0.2, 0.25) is 0 Å². The van der Waals surface area contributed by atoms with Crippen LogP contribution in [0.4, 0.5) is 13.2 Å². The first-order valence-electron chi connectivity index (χ1n) is 7.12. The van der Waals surface area contributed by atoms with Gasteiger partial charge in [-0.1, -0.05) is 29.8 Å². The first-order valence-corrected chi connectivity index (χ1v) is 7.12. The van der Waals surface area contributed by atoms with Gasteiger partial charge >= 0.3 is 6.18 Å². The Morgan fingerprint density at radius 2 is 1.87 bits per heavy atom. The topological polar surface area (TPSA) is 52.5 Å². The Kier molecular flexibility index (Phi) is 5.28. The van der Waals surface area contributed by atoms with Crippen LogP contribution in [0.5, 0.6) is 5.75 Å². The molecule has 1 atom stereocenters. The van der Waals surface area contributed by atoms with Gasteiger partial charge in [0.15, 0.2) is 0 Å². The molecule has 124 valence electrons. The van der Waals surface area contributed by atoms with E-state index in [0.717, 1.165) is 17.7 Å². The summed E-state index contributed by atoms with van der Waals surface area (Å²) in [4.78, 5) is 0. The molecule has 0 radical (unpaired) electrons. The third-order valence-corrected chi connectivity index (χ3v) is 3.49. The summed E-state index contributed by atoms with van der Waals surface area (Å²) in [5, 5.41) is 22.7. The molecule has 0 heterocycles. The average Bonchev–Trinajstić information content (AvgIpc) is 2.50. The Hall–Kier alpha value is -2.05. The van der Waals surface area contributed by atoms with Crippen molar-refractivity contribution in [3.63, 3.8) is 0 Å². The Labute approximate surface area is 132 Å². The van der Waals surface area contributed by atoms with Gasteiger partial charge in [-0.25, -0.2) is 0 Å². The molecule has 3 nitrogen and oxygen atoms in total. The number of aromatic hydroxyl groups is 1. The molecule has 0 bridgehead atoms. The van der Waals surface area contributed by atoms with Crippen LogP contribution in [-0.4, -0.2) is 16.8 Å². The molecule has 0 spiro atoms. The summed E-state index contributed by atoms with van der Waals surface area (Å²) in [6.45, 7) is 2.28. The molecule has 0 aliphatic rings. The van der Waals surface area contributed by atoms with E-state index in [4.69, 9.17) is 0 Å². The molecule has 2 aromatic carbocycles. The second-order valence-electron chi connectivity index (χ2n) is 5.40. The van der Waals surface area contributed by atoms with Gasteiger partial charge in [0.25, 0.3) is 0 Å². The molecular formula is C17H18F3NO2. The molecule has 0 amide bonds. The molecule has 0 aromatic heterocycles. The fraction of sp³-hybridized carbons (Fsp3) is 0.294. The van der Waals surface area contributed by atoms with Crippen molar-refractivity contribution in [1.82, 2.24) is 5.32 Å². The molecule has 6 heteroatoms. The maximum Gasteiger partial charge on any atom is 0.416 e. The number of rotatable bonds is 5.